The predicted molar refractivity (Wildman–Crippen MR) is 85.7 cm³/mol. The molecule has 1 fully saturated rings. The first-order valence-electron chi connectivity index (χ1n) is 6.74. The number of hydrogen-bond donors (Lipinski definition) is 0. The van der Waals surface area contributed by atoms with E-state index in [1.807, 2.05) is 13.1 Å². The summed E-state index contributed by atoms with van der Waals surface area (Å²) in [5, 5.41) is 5.97. The lowest BCUT2D eigenvalue weighted by molar-refractivity contribution is 0.246. The van der Waals surface area contributed by atoms with E-state index in [-0.39, 0.29) is 6.04 Å². The Labute approximate surface area is 136 Å². The summed E-state index contributed by atoms with van der Waals surface area (Å²) in [7, 11) is -1.62. The molecule has 3 rings (SSSR count). The minimum atomic E-state index is -3.48. The van der Waals surface area contributed by atoms with Gasteiger partial charge in [-0.15, -0.1) is 11.3 Å². The summed E-state index contributed by atoms with van der Waals surface area (Å²) in [4.78, 5) is 0. The van der Waals surface area contributed by atoms with E-state index in [2.05, 4.69) is 21.0 Å². The summed E-state index contributed by atoms with van der Waals surface area (Å²) < 4.78 is 30.3. The van der Waals surface area contributed by atoms with E-state index in [0.717, 1.165) is 25.0 Å². The lowest BCUT2D eigenvalue weighted by atomic mass is 10.0. The third-order valence-electron chi connectivity index (χ3n) is 3.78. The average molecular weight is 390 g/mol. The van der Waals surface area contributed by atoms with Gasteiger partial charge in [0.05, 0.1) is 11.7 Å². The quantitative estimate of drug-likeness (QED) is 0.809. The van der Waals surface area contributed by atoms with E-state index in [0.29, 0.717) is 15.2 Å². The topological polar surface area (TPSA) is 55.2 Å². The highest BCUT2D eigenvalue weighted by molar-refractivity contribution is 9.10. The Morgan fingerprint density at radius 2 is 2.19 bits per heavy atom. The molecule has 0 aromatic carbocycles. The zero-order chi connectivity index (χ0) is 15.0. The van der Waals surface area contributed by atoms with Crippen LogP contribution in [0.3, 0.4) is 0 Å². The highest BCUT2D eigenvalue weighted by Crippen LogP contribution is 2.38. The van der Waals surface area contributed by atoms with E-state index >= 15 is 0 Å². The van der Waals surface area contributed by atoms with Crippen LogP contribution in [0.5, 0.6) is 0 Å². The third kappa shape index (κ3) is 2.69. The third-order valence-corrected chi connectivity index (χ3v) is 8.34. The van der Waals surface area contributed by atoms with Crippen LogP contribution in [0.2, 0.25) is 0 Å². The van der Waals surface area contributed by atoms with Crippen molar-refractivity contribution in [3.8, 4) is 0 Å². The number of aromatic nitrogens is 2. The molecule has 0 bridgehead atoms. The van der Waals surface area contributed by atoms with E-state index in [9.17, 15) is 8.42 Å². The fourth-order valence-electron chi connectivity index (χ4n) is 2.77. The van der Waals surface area contributed by atoms with Gasteiger partial charge < -0.3 is 0 Å². The standard InChI is InChI=1S/C13H16BrN3O2S2/c1-16-11(5-7-15-16)12-4-2-3-8-17(12)21(18,19)13-10(14)6-9-20-13/h5-7,9,12H,2-4,8H2,1H3/t12-/m1/s1. The molecular formula is C13H16BrN3O2S2. The Kier molecular flexibility index (Phi) is 4.22. The van der Waals surface area contributed by atoms with Crippen LogP contribution in [0.15, 0.2) is 32.4 Å². The van der Waals surface area contributed by atoms with Gasteiger partial charge in [-0.1, -0.05) is 6.42 Å². The molecule has 1 atom stereocenters. The van der Waals surface area contributed by atoms with Crippen molar-refractivity contribution >= 4 is 37.3 Å². The maximum atomic E-state index is 13.0. The number of piperidine rings is 1. The Hall–Kier alpha value is -0.700. The molecule has 5 nitrogen and oxygen atoms in total. The van der Waals surface area contributed by atoms with Crippen LogP contribution in [-0.4, -0.2) is 29.0 Å². The van der Waals surface area contributed by atoms with Gasteiger partial charge in [0.1, 0.15) is 4.21 Å². The molecular weight excluding hydrogens is 374 g/mol. The molecule has 0 amide bonds. The number of rotatable bonds is 3. The van der Waals surface area contributed by atoms with Crippen LogP contribution in [0.4, 0.5) is 0 Å². The number of thiophene rings is 1. The summed E-state index contributed by atoms with van der Waals surface area (Å²) in [6.45, 7) is 0.558. The van der Waals surface area contributed by atoms with Crippen LogP contribution in [0.1, 0.15) is 31.0 Å². The van der Waals surface area contributed by atoms with Gasteiger partial charge in [0.2, 0.25) is 0 Å². The van der Waals surface area contributed by atoms with Gasteiger partial charge in [0.25, 0.3) is 10.0 Å². The van der Waals surface area contributed by atoms with E-state index in [1.165, 1.54) is 11.3 Å². The minimum absolute atomic E-state index is 0.134. The first-order valence-corrected chi connectivity index (χ1v) is 9.86. The van der Waals surface area contributed by atoms with Crippen molar-refractivity contribution in [3.05, 3.63) is 33.9 Å². The van der Waals surface area contributed by atoms with Crippen molar-refractivity contribution in [2.24, 2.45) is 7.05 Å². The van der Waals surface area contributed by atoms with Gasteiger partial charge >= 0.3 is 0 Å². The van der Waals surface area contributed by atoms with Crippen LogP contribution in [0, 0.1) is 0 Å². The molecule has 0 radical (unpaired) electrons. The fourth-order valence-corrected chi connectivity index (χ4v) is 6.86. The zero-order valence-corrected chi connectivity index (χ0v) is 14.8. The molecule has 3 heterocycles. The Morgan fingerprint density at radius 3 is 2.81 bits per heavy atom. The van der Waals surface area contributed by atoms with Gasteiger partial charge in [-0.3, -0.25) is 4.68 Å². The molecule has 114 valence electrons. The van der Waals surface area contributed by atoms with Crippen LogP contribution in [-0.2, 0) is 17.1 Å². The molecule has 0 saturated carbocycles. The number of aryl methyl sites for hydroxylation is 1. The monoisotopic (exact) mass is 389 g/mol. The summed E-state index contributed by atoms with van der Waals surface area (Å²) in [5.74, 6) is 0. The van der Waals surface area contributed by atoms with Gasteiger partial charge in [-0.25, -0.2) is 8.42 Å². The minimum Gasteiger partial charge on any atom is -0.271 e. The summed E-state index contributed by atoms with van der Waals surface area (Å²) in [6, 6.07) is 3.55. The van der Waals surface area contributed by atoms with Crippen molar-refractivity contribution in [2.75, 3.05) is 6.54 Å². The Morgan fingerprint density at radius 1 is 1.38 bits per heavy atom. The summed E-state index contributed by atoms with van der Waals surface area (Å²) >= 11 is 4.59. The van der Waals surface area contributed by atoms with Gasteiger partial charge in [-0.2, -0.15) is 9.40 Å². The van der Waals surface area contributed by atoms with Gasteiger partial charge in [0, 0.05) is 24.3 Å². The summed E-state index contributed by atoms with van der Waals surface area (Å²) in [5.41, 5.74) is 0.950. The second-order valence-electron chi connectivity index (χ2n) is 5.06. The maximum absolute atomic E-state index is 13.0. The zero-order valence-electron chi connectivity index (χ0n) is 11.6. The molecule has 21 heavy (non-hydrogen) atoms. The normalized spacial score (nSPS) is 20.8. The highest BCUT2D eigenvalue weighted by atomic mass is 79.9. The fraction of sp³-hybridized carbons (Fsp3) is 0.462. The molecule has 0 N–H and O–H groups in total. The summed E-state index contributed by atoms with van der Waals surface area (Å²) in [6.07, 6.45) is 4.49. The molecule has 8 heteroatoms. The second kappa shape index (κ2) is 5.83. The smallest absolute Gasteiger partial charge is 0.254 e. The SMILES string of the molecule is Cn1nccc1[C@H]1CCCCN1S(=O)(=O)c1sccc1Br. The number of halogens is 1. The van der Waals surface area contributed by atoms with Crippen LogP contribution in [0.25, 0.3) is 0 Å². The van der Waals surface area contributed by atoms with E-state index in [1.54, 1.807) is 26.6 Å². The van der Waals surface area contributed by atoms with E-state index in [4.69, 9.17) is 0 Å². The van der Waals surface area contributed by atoms with Crippen LogP contribution >= 0.6 is 27.3 Å². The first kappa shape index (κ1) is 15.2. The highest BCUT2D eigenvalue weighted by Gasteiger charge is 2.37. The molecule has 1 aliphatic rings. The maximum Gasteiger partial charge on any atom is 0.254 e. The van der Waals surface area contributed by atoms with Crippen molar-refractivity contribution in [1.29, 1.82) is 0 Å². The van der Waals surface area contributed by atoms with Crippen molar-refractivity contribution in [1.82, 2.24) is 14.1 Å². The van der Waals surface area contributed by atoms with Crippen molar-refractivity contribution in [3.63, 3.8) is 0 Å². The Bertz CT molecular complexity index is 738. The predicted octanol–water partition coefficient (Wildman–Crippen LogP) is 3.16. The van der Waals surface area contributed by atoms with Gasteiger partial charge in [0.15, 0.2) is 0 Å². The molecule has 2 aromatic heterocycles. The largest absolute Gasteiger partial charge is 0.271 e. The average Bonchev–Trinajstić information content (AvgIpc) is 3.07. The number of sulfonamides is 1. The molecule has 0 unspecified atom stereocenters. The molecule has 0 aliphatic carbocycles. The number of hydrogen-bond acceptors (Lipinski definition) is 4. The van der Waals surface area contributed by atoms with E-state index < -0.39 is 10.0 Å². The van der Waals surface area contributed by atoms with Crippen LogP contribution < -0.4 is 0 Å². The molecule has 2 aromatic rings. The molecule has 1 saturated heterocycles. The lowest BCUT2D eigenvalue weighted by Gasteiger charge is -2.34. The molecule has 0 spiro atoms. The Balaban J connectivity index is 2.03. The second-order valence-corrected chi connectivity index (χ2v) is 8.92. The lowest BCUT2D eigenvalue weighted by Crippen LogP contribution is -2.39. The molecule has 1 aliphatic heterocycles. The van der Waals surface area contributed by atoms with Crippen molar-refractivity contribution in [2.45, 2.75) is 29.5 Å². The first-order chi connectivity index (χ1) is 10.0. The number of nitrogens with zero attached hydrogens (tertiary/aromatic N) is 3. The van der Waals surface area contributed by atoms with Gasteiger partial charge in [-0.05, 0) is 46.3 Å². The van der Waals surface area contributed by atoms with Crippen molar-refractivity contribution < 1.29 is 8.42 Å².